The number of halogens is 2. The SMILES string of the molecule is CCC(=O)c1c(Cl)ccc(S(=O)(=O)NC(C)(C)C)c1Cl. The summed E-state index contributed by atoms with van der Waals surface area (Å²) >= 11 is 12.0. The monoisotopic (exact) mass is 337 g/mol. The number of carbonyl (C=O) groups is 1. The van der Waals surface area contributed by atoms with Crippen LogP contribution in [0.3, 0.4) is 0 Å². The summed E-state index contributed by atoms with van der Waals surface area (Å²) in [6.45, 7) is 6.80. The number of hydrogen-bond donors (Lipinski definition) is 1. The molecule has 0 aromatic heterocycles. The fourth-order valence-corrected chi connectivity index (χ4v) is 4.02. The first-order valence-electron chi connectivity index (χ1n) is 6.05. The first-order chi connectivity index (χ1) is 8.99. The highest BCUT2D eigenvalue weighted by atomic mass is 35.5. The highest BCUT2D eigenvalue weighted by Gasteiger charge is 2.27. The summed E-state index contributed by atoms with van der Waals surface area (Å²) in [5.41, 5.74) is -0.607. The smallest absolute Gasteiger partial charge is 0.242 e. The lowest BCUT2D eigenvalue weighted by atomic mass is 10.1. The quantitative estimate of drug-likeness (QED) is 0.852. The van der Waals surface area contributed by atoms with E-state index < -0.39 is 15.6 Å². The van der Waals surface area contributed by atoms with E-state index in [2.05, 4.69) is 4.72 Å². The number of hydrogen-bond acceptors (Lipinski definition) is 3. The Morgan fingerprint density at radius 3 is 2.25 bits per heavy atom. The number of sulfonamides is 1. The number of Topliss-reactive ketones (excluding diaryl/α,β-unsaturated/α-hetero) is 1. The predicted octanol–water partition coefficient (Wildman–Crippen LogP) is 3.66. The molecule has 0 aliphatic heterocycles. The summed E-state index contributed by atoms with van der Waals surface area (Å²) < 4.78 is 27.1. The Morgan fingerprint density at radius 1 is 1.25 bits per heavy atom. The molecule has 0 fully saturated rings. The topological polar surface area (TPSA) is 63.2 Å². The molecule has 0 bridgehead atoms. The van der Waals surface area contributed by atoms with Gasteiger partial charge in [0.15, 0.2) is 5.78 Å². The van der Waals surface area contributed by atoms with Crippen molar-refractivity contribution in [3.05, 3.63) is 27.7 Å². The van der Waals surface area contributed by atoms with Gasteiger partial charge in [-0.1, -0.05) is 30.1 Å². The van der Waals surface area contributed by atoms with Gasteiger partial charge in [0.1, 0.15) is 4.90 Å². The summed E-state index contributed by atoms with van der Waals surface area (Å²) in [4.78, 5) is 11.7. The van der Waals surface area contributed by atoms with Crippen LogP contribution in [-0.2, 0) is 10.0 Å². The van der Waals surface area contributed by atoms with E-state index >= 15 is 0 Å². The van der Waals surface area contributed by atoms with Crippen molar-refractivity contribution in [2.24, 2.45) is 0 Å². The maximum Gasteiger partial charge on any atom is 0.242 e. The zero-order chi connectivity index (χ0) is 15.7. The molecular formula is C13H17Cl2NO3S. The zero-order valence-electron chi connectivity index (χ0n) is 11.8. The molecular weight excluding hydrogens is 321 g/mol. The van der Waals surface area contributed by atoms with Gasteiger partial charge >= 0.3 is 0 Å². The molecule has 20 heavy (non-hydrogen) atoms. The second-order valence-corrected chi connectivity index (χ2v) is 7.80. The van der Waals surface area contributed by atoms with Gasteiger partial charge in [-0.25, -0.2) is 13.1 Å². The fourth-order valence-electron chi connectivity index (χ4n) is 1.63. The molecule has 0 amide bonds. The summed E-state index contributed by atoms with van der Waals surface area (Å²) in [5.74, 6) is -0.298. The second kappa shape index (κ2) is 6.02. The molecule has 0 saturated heterocycles. The number of ketones is 1. The molecule has 0 atom stereocenters. The van der Waals surface area contributed by atoms with Gasteiger partial charge in [-0.3, -0.25) is 4.79 Å². The van der Waals surface area contributed by atoms with Crippen LogP contribution in [0.4, 0.5) is 0 Å². The van der Waals surface area contributed by atoms with Gasteiger partial charge in [-0.15, -0.1) is 0 Å². The van der Waals surface area contributed by atoms with E-state index in [4.69, 9.17) is 23.2 Å². The van der Waals surface area contributed by atoms with Crippen molar-refractivity contribution in [3.63, 3.8) is 0 Å². The van der Waals surface area contributed by atoms with Crippen LogP contribution in [0, 0.1) is 0 Å². The third-order valence-electron chi connectivity index (χ3n) is 2.39. The van der Waals surface area contributed by atoms with Crippen molar-refractivity contribution in [2.75, 3.05) is 0 Å². The summed E-state index contributed by atoms with van der Waals surface area (Å²) in [5, 5.41) is 0.0117. The van der Waals surface area contributed by atoms with Crippen LogP contribution in [-0.4, -0.2) is 19.7 Å². The standard InChI is InChI=1S/C13H17Cl2NO3S/c1-5-9(17)11-8(14)6-7-10(12(11)15)20(18,19)16-13(2,3)4/h6-7,16H,5H2,1-4H3. The maximum atomic E-state index is 12.3. The van der Waals surface area contributed by atoms with Gasteiger partial charge in [-0.2, -0.15) is 0 Å². The van der Waals surface area contributed by atoms with Crippen molar-refractivity contribution in [1.29, 1.82) is 0 Å². The molecule has 0 aliphatic carbocycles. The molecule has 0 heterocycles. The summed E-state index contributed by atoms with van der Waals surface area (Å²) in [6, 6.07) is 2.67. The lowest BCUT2D eigenvalue weighted by molar-refractivity contribution is 0.0988. The Morgan fingerprint density at radius 2 is 1.80 bits per heavy atom. The average molecular weight is 338 g/mol. The molecule has 0 spiro atoms. The summed E-state index contributed by atoms with van der Waals surface area (Å²) in [6.07, 6.45) is 0.190. The Labute approximate surface area is 129 Å². The first kappa shape index (κ1) is 17.4. The molecule has 0 radical (unpaired) electrons. The van der Waals surface area contributed by atoms with Crippen LogP contribution in [0.2, 0.25) is 10.0 Å². The maximum absolute atomic E-state index is 12.3. The Bertz CT molecular complexity index is 634. The Hall–Kier alpha value is -0.620. The van der Waals surface area contributed by atoms with E-state index in [9.17, 15) is 13.2 Å². The second-order valence-electron chi connectivity index (χ2n) is 5.37. The van der Waals surface area contributed by atoms with Gasteiger partial charge in [-0.05, 0) is 32.9 Å². The van der Waals surface area contributed by atoms with E-state index in [0.29, 0.717) is 0 Å². The minimum Gasteiger partial charge on any atom is -0.294 e. The number of rotatable bonds is 4. The van der Waals surface area contributed by atoms with Crippen molar-refractivity contribution >= 4 is 39.0 Å². The lowest BCUT2D eigenvalue weighted by Crippen LogP contribution is -2.40. The van der Waals surface area contributed by atoms with Gasteiger partial charge in [0.2, 0.25) is 10.0 Å². The Balaban J connectivity index is 3.46. The minimum atomic E-state index is -3.82. The van der Waals surface area contributed by atoms with Crippen LogP contribution >= 0.6 is 23.2 Å². The largest absolute Gasteiger partial charge is 0.294 e. The minimum absolute atomic E-state index is 0.0487. The van der Waals surface area contributed by atoms with Crippen LogP contribution < -0.4 is 4.72 Å². The molecule has 4 nitrogen and oxygen atoms in total. The fraction of sp³-hybridized carbons (Fsp3) is 0.462. The van der Waals surface area contributed by atoms with Gasteiger partial charge in [0.05, 0.1) is 15.6 Å². The highest BCUT2D eigenvalue weighted by Crippen LogP contribution is 2.32. The van der Waals surface area contributed by atoms with Gasteiger partial charge in [0, 0.05) is 12.0 Å². The average Bonchev–Trinajstić information content (AvgIpc) is 2.24. The highest BCUT2D eigenvalue weighted by molar-refractivity contribution is 7.89. The van der Waals surface area contributed by atoms with Gasteiger partial charge in [0.25, 0.3) is 0 Å². The number of benzene rings is 1. The normalized spacial score (nSPS) is 12.5. The van der Waals surface area contributed by atoms with E-state index in [1.165, 1.54) is 12.1 Å². The predicted molar refractivity (Wildman–Crippen MR) is 81.2 cm³/mol. The third kappa shape index (κ3) is 3.95. The molecule has 1 rings (SSSR count). The zero-order valence-corrected chi connectivity index (χ0v) is 14.1. The van der Waals surface area contributed by atoms with E-state index in [1.54, 1.807) is 27.7 Å². The Kier molecular flexibility index (Phi) is 5.24. The van der Waals surface area contributed by atoms with E-state index in [1.807, 2.05) is 0 Å². The molecule has 112 valence electrons. The van der Waals surface area contributed by atoms with Crippen LogP contribution in [0.5, 0.6) is 0 Å². The molecule has 1 aromatic carbocycles. The van der Waals surface area contributed by atoms with Gasteiger partial charge < -0.3 is 0 Å². The van der Waals surface area contributed by atoms with Crippen molar-refractivity contribution in [2.45, 2.75) is 44.6 Å². The molecule has 0 aliphatic rings. The molecule has 7 heteroatoms. The first-order valence-corrected chi connectivity index (χ1v) is 8.28. The number of carbonyl (C=O) groups excluding carboxylic acids is 1. The van der Waals surface area contributed by atoms with Crippen molar-refractivity contribution in [1.82, 2.24) is 4.72 Å². The van der Waals surface area contributed by atoms with Crippen molar-refractivity contribution in [3.8, 4) is 0 Å². The molecule has 1 N–H and O–H groups in total. The van der Waals surface area contributed by atoms with E-state index in [-0.39, 0.29) is 32.7 Å². The number of nitrogens with one attached hydrogen (secondary N) is 1. The molecule has 0 saturated carbocycles. The lowest BCUT2D eigenvalue weighted by Gasteiger charge is -2.21. The van der Waals surface area contributed by atoms with E-state index in [0.717, 1.165) is 0 Å². The van der Waals surface area contributed by atoms with Crippen LogP contribution in [0.15, 0.2) is 17.0 Å². The van der Waals surface area contributed by atoms with Crippen LogP contribution in [0.25, 0.3) is 0 Å². The van der Waals surface area contributed by atoms with Crippen molar-refractivity contribution < 1.29 is 13.2 Å². The van der Waals surface area contributed by atoms with Crippen LogP contribution in [0.1, 0.15) is 44.5 Å². The summed E-state index contributed by atoms with van der Waals surface area (Å²) in [7, 11) is -3.82. The molecule has 1 aromatic rings. The third-order valence-corrected chi connectivity index (χ3v) is 5.01. The molecule has 0 unspecified atom stereocenters.